The smallest absolute Gasteiger partial charge is 0.326 e. The van der Waals surface area contributed by atoms with Crippen molar-refractivity contribution in [3.8, 4) is 0 Å². The molecule has 0 aromatic heterocycles. The van der Waals surface area contributed by atoms with Gasteiger partial charge in [-0.1, -0.05) is 0 Å². The third-order valence-electron chi connectivity index (χ3n) is 2.72. The Morgan fingerprint density at radius 2 is 2.12 bits per heavy atom. The first-order valence-corrected chi connectivity index (χ1v) is 5.14. The normalized spacial score (nSPS) is 24.8. The molecule has 0 aromatic rings. The van der Waals surface area contributed by atoms with Crippen LogP contribution in [0.25, 0.3) is 0 Å². The van der Waals surface area contributed by atoms with Crippen molar-refractivity contribution < 1.29 is 24.2 Å². The number of carboxylic acids is 1. The maximum absolute atomic E-state index is 11.7. The van der Waals surface area contributed by atoms with Gasteiger partial charge in [0.2, 0.25) is 5.91 Å². The van der Waals surface area contributed by atoms with Crippen LogP contribution in [0, 0.1) is 0 Å². The summed E-state index contributed by atoms with van der Waals surface area (Å²) in [5, 5.41) is 8.99. The van der Waals surface area contributed by atoms with Crippen LogP contribution in [-0.4, -0.2) is 61.4 Å². The third kappa shape index (κ3) is 2.93. The van der Waals surface area contributed by atoms with E-state index in [4.69, 9.17) is 14.6 Å². The highest BCUT2D eigenvalue weighted by molar-refractivity contribution is 5.84. The molecule has 1 aliphatic rings. The van der Waals surface area contributed by atoms with Crippen molar-refractivity contribution in [2.45, 2.75) is 25.0 Å². The van der Waals surface area contributed by atoms with Crippen molar-refractivity contribution in [2.24, 2.45) is 0 Å². The Morgan fingerprint density at radius 1 is 1.44 bits per heavy atom. The Hall–Kier alpha value is -1.14. The summed E-state index contributed by atoms with van der Waals surface area (Å²) in [6.07, 6.45) is 0.369. The second-order valence-corrected chi connectivity index (χ2v) is 3.74. The summed E-state index contributed by atoms with van der Waals surface area (Å²) in [5.74, 6) is -1.18. The lowest BCUT2D eigenvalue weighted by Crippen LogP contribution is -2.40. The Bertz CT molecular complexity index is 268. The molecule has 1 fully saturated rings. The monoisotopic (exact) mass is 231 g/mol. The lowest BCUT2D eigenvalue weighted by Gasteiger charge is -2.20. The number of nitrogens with zero attached hydrogens (tertiary/aromatic N) is 1. The van der Waals surface area contributed by atoms with E-state index in [2.05, 4.69) is 0 Å². The van der Waals surface area contributed by atoms with Gasteiger partial charge in [-0.25, -0.2) is 4.79 Å². The average molecular weight is 231 g/mol. The maximum Gasteiger partial charge on any atom is 0.326 e. The first-order chi connectivity index (χ1) is 7.60. The number of carbonyl (C=O) groups is 2. The van der Waals surface area contributed by atoms with Gasteiger partial charge in [-0.3, -0.25) is 4.79 Å². The molecule has 92 valence electrons. The molecule has 0 bridgehead atoms. The highest BCUT2D eigenvalue weighted by atomic mass is 16.5. The number of likely N-dealkylation sites (tertiary alicyclic amines) is 1. The highest BCUT2D eigenvalue weighted by Crippen LogP contribution is 2.21. The van der Waals surface area contributed by atoms with E-state index in [0.29, 0.717) is 19.6 Å². The molecule has 1 heterocycles. The van der Waals surface area contributed by atoms with Crippen LogP contribution in [0.4, 0.5) is 0 Å². The molecule has 0 aliphatic carbocycles. The molecule has 0 spiro atoms. The zero-order chi connectivity index (χ0) is 12.1. The second-order valence-electron chi connectivity index (χ2n) is 3.74. The van der Waals surface area contributed by atoms with Gasteiger partial charge in [0.15, 0.2) is 0 Å². The van der Waals surface area contributed by atoms with Gasteiger partial charge in [0.05, 0.1) is 19.1 Å². The first kappa shape index (κ1) is 12.9. The molecule has 2 unspecified atom stereocenters. The Kier molecular flexibility index (Phi) is 4.70. The van der Waals surface area contributed by atoms with E-state index in [-0.39, 0.29) is 18.4 Å². The minimum atomic E-state index is -0.981. The fourth-order valence-electron chi connectivity index (χ4n) is 1.81. The van der Waals surface area contributed by atoms with Gasteiger partial charge >= 0.3 is 5.97 Å². The molecule has 1 aliphatic heterocycles. The zero-order valence-corrected chi connectivity index (χ0v) is 9.51. The fourth-order valence-corrected chi connectivity index (χ4v) is 1.81. The number of rotatable bonds is 5. The lowest BCUT2D eigenvalue weighted by molar-refractivity contribution is -0.148. The number of hydrogen-bond donors (Lipinski definition) is 1. The van der Waals surface area contributed by atoms with Crippen molar-refractivity contribution >= 4 is 11.9 Å². The van der Waals surface area contributed by atoms with E-state index in [0.717, 1.165) is 0 Å². The van der Waals surface area contributed by atoms with Gasteiger partial charge in [0, 0.05) is 27.2 Å². The van der Waals surface area contributed by atoms with Gasteiger partial charge in [-0.15, -0.1) is 0 Å². The molecule has 0 radical (unpaired) electrons. The van der Waals surface area contributed by atoms with E-state index in [1.807, 2.05) is 0 Å². The Labute approximate surface area is 94.1 Å². The van der Waals surface area contributed by atoms with E-state index < -0.39 is 12.0 Å². The molecule has 0 aromatic carbocycles. The predicted molar refractivity (Wildman–Crippen MR) is 55.0 cm³/mol. The van der Waals surface area contributed by atoms with Gasteiger partial charge in [-0.05, 0) is 0 Å². The molecule has 1 N–H and O–H groups in total. The summed E-state index contributed by atoms with van der Waals surface area (Å²) in [6.45, 7) is 0.648. The highest BCUT2D eigenvalue weighted by Gasteiger charge is 2.39. The summed E-state index contributed by atoms with van der Waals surface area (Å²) in [4.78, 5) is 24.0. The van der Waals surface area contributed by atoms with Gasteiger partial charge < -0.3 is 19.5 Å². The molecule has 1 amide bonds. The minimum absolute atomic E-state index is 0.187. The van der Waals surface area contributed by atoms with Crippen LogP contribution in [-0.2, 0) is 19.1 Å². The molecule has 0 saturated carbocycles. The number of aliphatic carboxylic acids is 1. The molecule has 1 saturated heterocycles. The number of carboxylic acid groups (broad SMARTS) is 1. The standard InChI is InChI=1S/C10H17NO5/c1-15-4-3-9(12)11-6-7(16-2)5-8(11)10(13)14/h7-8H,3-6H2,1-2H3,(H,13,14). The molecule has 16 heavy (non-hydrogen) atoms. The topological polar surface area (TPSA) is 76.1 Å². The van der Waals surface area contributed by atoms with Crippen LogP contribution in [0.3, 0.4) is 0 Å². The molecule has 6 nitrogen and oxygen atoms in total. The van der Waals surface area contributed by atoms with E-state index in [1.54, 1.807) is 0 Å². The summed E-state index contributed by atoms with van der Waals surface area (Å²) >= 11 is 0. The van der Waals surface area contributed by atoms with E-state index in [1.165, 1.54) is 19.1 Å². The average Bonchev–Trinajstić information content (AvgIpc) is 2.70. The predicted octanol–water partition coefficient (Wildman–Crippen LogP) is -0.277. The van der Waals surface area contributed by atoms with Crippen molar-refractivity contribution in [2.75, 3.05) is 27.4 Å². The fraction of sp³-hybridized carbons (Fsp3) is 0.800. The van der Waals surface area contributed by atoms with Gasteiger partial charge in [-0.2, -0.15) is 0 Å². The van der Waals surface area contributed by atoms with Crippen molar-refractivity contribution in [3.63, 3.8) is 0 Å². The Balaban J connectivity index is 2.61. The third-order valence-corrected chi connectivity index (χ3v) is 2.72. The SMILES string of the molecule is COCCC(=O)N1CC(OC)CC1C(=O)O. The second kappa shape index (κ2) is 5.81. The van der Waals surface area contributed by atoms with Crippen LogP contribution in [0.2, 0.25) is 0 Å². The van der Waals surface area contributed by atoms with Crippen molar-refractivity contribution in [1.29, 1.82) is 0 Å². The van der Waals surface area contributed by atoms with Crippen molar-refractivity contribution in [1.82, 2.24) is 4.90 Å². The first-order valence-electron chi connectivity index (χ1n) is 5.14. The van der Waals surface area contributed by atoms with Crippen molar-refractivity contribution in [3.05, 3.63) is 0 Å². The van der Waals surface area contributed by atoms with Gasteiger partial charge in [0.1, 0.15) is 6.04 Å². The molecule has 1 rings (SSSR count). The van der Waals surface area contributed by atoms with E-state index in [9.17, 15) is 9.59 Å². The zero-order valence-electron chi connectivity index (χ0n) is 9.51. The Morgan fingerprint density at radius 3 is 2.62 bits per heavy atom. The lowest BCUT2D eigenvalue weighted by atomic mass is 10.2. The number of methoxy groups -OCH3 is 2. The quantitative estimate of drug-likeness (QED) is 0.704. The summed E-state index contributed by atoms with van der Waals surface area (Å²) in [7, 11) is 3.02. The van der Waals surface area contributed by atoms with Crippen LogP contribution >= 0.6 is 0 Å². The van der Waals surface area contributed by atoms with Gasteiger partial charge in [0.25, 0.3) is 0 Å². The molecule has 2 atom stereocenters. The largest absolute Gasteiger partial charge is 0.480 e. The van der Waals surface area contributed by atoms with E-state index >= 15 is 0 Å². The van der Waals surface area contributed by atoms with Crippen LogP contribution in [0.1, 0.15) is 12.8 Å². The summed E-state index contributed by atoms with van der Waals surface area (Å²) < 4.78 is 9.88. The number of amides is 1. The summed E-state index contributed by atoms with van der Waals surface area (Å²) in [5.41, 5.74) is 0. The summed E-state index contributed by atoms with van der Waals surface area (Å²) in [6, 6.07) is -0.769. The maximum atomic E-state index is 11.7. The molecular weight excluding hydrogens is 214 g/mol. The number of carbonyl (C=O) groups excluding carboxylic acids is 1. The van der Waals surface area contributed by atoms with Crippen LogP contribution < -0.4 is 0 Å². The minimum Gasteiger partial charge on any atom is -0.480 e. The molecular formula is C10H17NO5. The molecule has 6 heteroatoms. The van der Waals surface area contributed by atoms with Crippen LogP contribution in [0.15, 0.2) is 0 Å². The number of hydrogen-bond acceptors (Lipinski definition) is 4. The number of ether oxygens (including phenoxy) is 2. The van der Waals surface area contributed by atoms with Crippen LogP contribution in [0.5, 0.6) is 0 Å².